The van der Waals surface area contributed by atoms with Gasteiger partial charge < -0.3 is 4.42 Å². The molecule has 202 valence electrons. The van der Waals surface area contributed by atoms with Gasteiger partial charge in [0.25, 0.3) is 0 Å². The summed E-state index contributed by atoms with van der Waals surface area (Å²) in [7, 11) is 0. The molecule has 7 aromatic carbocycles. The molecular formula is C42H28O. The van der Waals surface area contributed by atoms with E-state index in [0.29, 0.717) is 0 Å². The van der Waals surface area contributed by atoms with Gasteiger partial charge in [0.05, 0.1) is 0 Å². The summed E-state index contributed by atoms with van der Waals surface area (Å²) in [6, 6.07) is 60.5. The molecule has 0 N–H and O–H groups in total. The Hall–Kier alpha value is -5.66. The predicted molar refractivity (Wildman–Crippen MR) is 181 cm³/mol. The molecule has 1 heteroatoms. The van der Waals surface area contributed by atoms with E-state index in [-0.39, 0.29) is 0 Å². The van der Waals surface area contributed by atoms with E-state index < -0.39 is 0 Å². The second kappa shape index (κ2) is 10.6. The molecule has 0 saturated heterocycles. The molecule has 0 aliphatic rings. The molecule has 0 radical (unpaired) electrons. The molecule has 8 aromatic rings. The van der Waals surface area contributed by atoms with Crippen LogP contribution in [0.15, 0.2) is 174 Å². The first kappa shape index (κ1) is 25.1. The van der Waals surface area contributed by atoms with Gasteiger partial charge in [-0.1, -0.05) is 146 Å². The number of benzene rings is 7. The molecule has 0 unspecified atom stereocenters. The Labute approximate surface area is 251 Å². The zero-order valence-electron chi connectivity index (χ0n) is 23.6. The number of hydrogen-bond donors (Lipinski definition) is 0. The van der Waals surface area contributed by atoms with Crippen LogP contribution in [0.4, 0.5) is 0 Å². The number of hydrogen-bond acceptors (Lipinski definition) is 1. The molecule has 0 fully saturated rings. The first-order chi connectivity index (χ1) is 21.3. The fraction of sp³-hybridized carbons (Fsp3) is 0. The topological polar surface area (TPSA) is 13.1 Å². The molecule has 1 heterocycles. The molecule has 43 heavy (non-hydrogen) atoms. The average Bonchev–Trinajstić information content (AvgIpc) is 3.48. The lowest BCUT2D eigenvalue weighted by Crippen LogP contribution is -1.87. The predicted octanol–water partition coefficient (Wildman–Crippen LogP) is 11.9. The molecule has 0 spiro atoms. The van der Waals surface area contributed by atoms with Crippen LogP contribution in [0.3, 0.4) is 0 Å². The van der Waals surface area contributed by atoms with Crippen LogP contribution in [0.25, 0.3) is 77.6 Å². The Morgan fingerprint density at radius 3 is 1.26 bits per heavy atom. The van der Waals surface area contributed by atoms with E-state index in [0.717, 1.165) is 33.1 Å². The molecule has 1 aromatic heterocycles. The van der Waals surface area contributed by atoms with Gasteiger partial charge in [0.1, 0.15) is 11.2 Å². The smallest absolute Gasteiger partial charge is 0.143 e. The van der Waals surface area contributed by atoms with E-state index in [1.807, 2.05) is 12.1 Å². The molecule has 0 aliphatic heterocycles. The van der Waals surface area contributed by atoms with Crippen LogP contribution in [-0.2, 0) is 0 Å². The molecular weight excluding hydrogens is 520 g/mol. The van der Waals surface area contributed by atoms with Crippen molar-refractivity contribution in [2.24, 2.45) is 0 Å². The summed E-state index contributed by atoms with van der Waals surface area (Å²) in [5.74, 6) is 0. The maximum atomic E-state index is 6.46. The molecule has 8 rings (SSSR count). The van der Waals surface area contributed by atoms with Crippen LogP contribution in [0.2, 0.25) is 0 Å². The SMILES string of the molecule is c1ccc(-c2ccc(-c3cc(-c4ccc(-c5ccccc5)cc4)cc(-c4cccc5c4oc4ccccc45)c3)cc2)cc1. The van der Waals surface area contributed by atoms with Crippen molar-refractivity contribution in [1.29, 1.82) is 0 Å². The monoisotopic (exact) mass is 548 g/mol. The molecule has 0 amide bonds. The Morgan fingerprint density at radius 2 is 0.698 bits per heavy atom. The summed E-state index contributed by atoms with van der Waals surface area (Å²) >= 11 is 0. The maximum absolute atomic E-state index is 6.46. The van der Waals surface area contributed by atoms with Crippen molar-refractivity contribution in [1.82, 2.24) is 0 Å². The van der Waals surface area contributed by atoms with Gasteiger partial charge >= 0.3 is 0 Å². The zero-order valence-corrected chi connectivity index (χ0v) is 23.6. The summed E-state index contributed by atoms with van der Waals surface area (Å²) in [5.41, 5.74) is 13.6. The van der Waals surface area contributed by atoms with Crippen LogP contribution in [0, 0.1) is 0 Å². The van der Waals surface area contributed by atoms with Crippen LogP contribution < -0.4 is 0 Å². The lowest BCUT2D eigenvalue weighted by atomic mass is 9.91. The fourth-order valence-electron chi connectivity index (χ4n) is 6.06. The van der Waals surface area contributed by atoms with Gasteiger partial charge in [0.15, 0.2) is 0 Å². The van der Waals surface area contributed by atoms with Gasteiger partial charge in [-0.15, -0.1) is 0 Å². The Balaban J connectivity index is 1.28. The summed E-state index contributed by atoms with van der Waals surface area (Å²) in [5, 5.41) is 2.28. The summed E-state index contributed by atoms with van der Waals surface area (Å²) < 4.78 is 6.46. The molecule has 0 saturated carbocycles. The highest BCUT2D eigenvalue weighted by Crippen LogP contribution is 2.39. The minimum atomic E-state index is 0.911. The Morgan fingerprint density at radius 1 is 0.279 bits per heavy atom. The van der Waals surface area contributed by atoms with Crippen LogP contribution in [0.5, 0.6) is 0 Å². The van der Waals surface area contributed by atoms with Gasteiger partial charge in [-0.25, -0.2) is 0 Å². The standard InChI is InChI=1S/C42H28O/c1-3-10-29(11-4-1)31-18-22-33(23-19-31)35-26-36(34-24-20-32(21-25-34)30-12-5-2-6-13-30)28-37(27-35)38-15-9-16-40-39-14-7-8-17-41(39)43-42(38)40/h1-28H. The number of rotatable bonds is 5. The second-order valence-electron chi connectivity index (χ2n) is 11.0. The third-order valence-corrected chi connectivity index (χ3v) is 8.30. The van der Waals surface area contributed by atoms with E-state index in [2.05, 4.69) is 158 Å². The maximum Gasteiger partial charge on any atom is 0.143 e. The minimum absolute atomic E-state index is 0.911. The van der Waals surface area contributed by atoms with Gasteiger partial charge in [-0.3, -0.25) is 0 Å². The zero-order chi connectivity index (χ0) is 28.6. The fourth-order valence-corrected chi connectivity index (χ4v) is 6.06. The third-order valence-electron chi connectivity index (χ3n) is 8.30. The van der Waals surface area contributed by atoms with E-state index in [9.17, 15) is 0 Å². The highest BCUT2D eigenvalue weighted by Gasteiger charge is 2.14. The van der Waals surface area contributed by atoms with Crippen LogP contribution >= 0.6 is 0 Å². The first-order valence-electron chi connectivity index (χ1n) is 14.7. The Kier molecular flexibility index (Phi) is 6.20. The highest BCUT2D eigenvalue weighted by molar-refractivity contribution is 6.09. The molecule has 0 aliphatic carbocycles. The van der Waals surface area contributed by atoms with Crippen molar-refractivity contribution in [3.63, 3.8) is 0 Å². The quantitative estimate of drug-likeness (QED) is 0.208. The lowest BCUT2D eigenvalue weighted by Gasteiger charge is -2.13. The number of para-hydroxylation sites is 2. The van der Waals surface area contributed by atoms with Gasteiger partial charge in [0, 0.05) is 16.3 Å². The van der Waals surface area contributed by atoms with Crippen molar-refractivity contribution in [2.45, 2.75) is 0 Å². The van der Waals surface area contributed by atoms with E-state index in [4.69, 9.17) is 4.42 Å². The second-order valence-corrected chi connectivity index (χ2v) is 11.0. The summed E-state index contributed by atoms with van der Waals surface area (Å²) in [6.07, 6.45) is 0. The summed E-state index contributed by atoms with van der Waals surface area (Å²) in [6.45, 7) is 0. The van der Waals surface area contributed by atoms with Gasteiger partial charge in [-0.05, 0) is 74.3 Å². The lowest BCUT2D eigenvalue weighted by molar-refractivity contribution is 0.670. The van der Waals surface area contributed by atoms with Crippen molar-refractivity contribution in [2.75, 3.05) is 0 Å². The van der Waals surface area contributed by atoms with Crippen LogP contribution in [-0.4, -0.2) is 0 Å². The highest BCUT2D eigenvalue weighted by atomic mass is 16.3. The largest absolute Gasteiger partial charge is 0.455 e. The van der Waals surface area contributed by atoms with E-state index in [1.165, 1.54) is 44.5 Å². The van der Waals surface area contributed by atoms with Gasteiger partial charge in [0.2, 0.25) is 0 Å². The minimum Gasteiger partial charge on any atom is -0.455 e. The third kappa shape index (κ3) is 4.71. The Bertz CT molecular complexity index is 2090. The average molecular weight is 549 g/mol. The van der Waals surface area contributed by atoms with Crippen molar-refractivity contribution in [3.05, 3.63) is 170 Å². The van der Waals surface area contributed by atoms with Gasteiger partial charge in [-0.2, -0.15) is 0 Å². The van der Waals surface area contributed by atoms with Crippen molar-refractivity contribution in [3.8, 4) is 55.6 Å². The van der Waals surface area contributed by atoms with Crippen molar-refractivity contribution < 1.29 is 4.42 Å². The molecule has 0 bridgehead atoms. The summed E-state index contributed by atoms with van der Waals surface area (Å²) in [4.78, 5) is 0. The van der Waals surface area contributed by atoms with Crippen molar-refractivity contribution >= 4 is 21.9 Å². The first-order valence-corrected chi connectivity index (χ1v) is 14.7. The molecule has 0 atom stereocenters. The number of furan rings is 1. The molecule has 1 nitrogen and oxygen atoms in total. The van der Waals surface area contributed by atoms with Crippen LogP contribution in [0.1, 0.15) is 0 Å². The van der Waals surface area contributed by atoms with E-state index >= 15 is 0 Å². The van der Waals surface area contributed by atoms with E-state index in [1.54, 1.807) is 0 Å². The number of fused-ring (bicyclic) bond motifs is 3. The normalized spacial score (nSPS) is 11.3.